The van der Waals surface area contributed by atoms with Crippen LogP contribution in [0.15, 0.2) is 0 Å². The molecule has 3 heteroatoms. The third-order valence-corrected chi connectivity index (χ3v) is 4.62. The lowest BCUT2D eigenvalue weighted by molar-refractivity contribution is 0.150. The Morgan fingerprint density at radius 3 is 2.35 bits per heavy atom. The van der Waals surface area contributed by atoms with Crippen LogP contribution in [-0.4, -0.2) is 37.1 Å². The van der Waals surface area contributed by atoms with E-state index in [1.807, 2.05) is 7.05 Å². The van der Waals surface area contributed by atoms with Gasteiger partial charge < -0.3 is 10.2 Å². The first-order valence-electron chi connectivity index (χ1n) is 7.02. The summed E-state index contributed by atoms with van der Waals surface area (Å²) >= 11 is 0. The summed E-state index contributed by atoms with van der Waals surface area (Å²) in [5, 5.41) is 12.8. The molecule has 96 valence electrons. The van der Waals surface area contributed by atoms with Gasteiger partial charge in [-0.1, -0.05) is 19.3 Å². The second-order valence-corrected chi connectivity index (χ2v) is 5.81. The molecule has 0 heterocycles. The van der Waals surface area contributed by atoms with Crippen LogP contribution < -0.4 is 5.32 Å². The van der Waals surface area contributed by atoms with Crippen molar-refractivity contribution in [3.63, 3.8) is 0 Å². The van der Waals surface area contributed by atoms with E-state index in [4.69, 9.17) is 0 Å². The maximum absolute atomic E-state index is 9.50. The Bertz CT molecular complexity index is 286. The molecule has 2 aliphatic carbocycles. The minimum Gasteiger partial charge on any atom is -0.301 e. The fraction of sp³-hybridized carbons (Fsp3) is 0.929. The molecule has 3 nitrogen and oxygen atoms in total. The maximum Gasteiger partial charge on any atom is 0.122 e. The second kappa shape index (κ2) is 5.37. The van der Waals surface area contributed by atoms with Gasteiger partial charge in [-0.3, -0.25) is 0 Å². The molecule has 2 fully saturated rings. The molecule has 0 spiro atoms. The average Bonchev–Trinajstić information content (AvgIpc) is 3.21. The van der Waals surface area contributed by atoms with Crippen molar-refractivity contribution in [2.24, 2.45) is 5.92 Å². The molecular weight excluding hydrogens is 210 g/mol. The van der Waals surface area contributed by atoms with E-state index in [9.17, 15) is 5.26 Å². The summed E-state index contributed by atoms with van der Waals surface area (Å²) in [5.74, 6) is 0.573. The van der Waals surface area contributed by atoms with Gasteiger partial charge in [-0.2, -0.15) is 5.26 Å². The quantitative estimate of drug-likeness (QED) is 0.793. The maximum atomic E-state index is 9.50. The van der Waals surface area contributed by atoms with Crippen LogP contribution in [0.4, 0.5) is 0 Å². The van der Waals surface area contributed by atoms with E-state index < -0.39 is 0 Å². The summed E-state index contributed by atoms with van der Waals surface area (Å²) in [6.45, 7) is 0.884. The van der Waals surface area contributed by atoms with Gasteiger partial charge in [0.25, 0.3) is 0 Å². The number of nitriles is 1. The number of hydrogen-bond donors (Lipinski definition) is 1. The van der Waals surface area contributed by atoms with Gasteiger partial charge in [-0.15, -0.1) is 0 Å². The van der Waals surface area contributed by atoms with Gasteiger partial charge in [-0.05, 0) is 45.7 Å². The zero-order chi connectivity index (χ0) is 12.3. The normalized spacial score (nSPS) is 25.5. The van der Waals surface area contributed by atoms with Crippen molar-refractivity contribution in [3.8, 4) is 6.07 Å². The Balaban J connectivity index is 1.95. The van der Waals surface area contributed by atoms with Crippen molar-refractivity contribution in [3.05, 3.63) is 0 Å². The van der Waals surface area contributed by atoms with E-state index in [2.05, 4.69) is 23.3 Å². The van der Waals surface area contributed by atoms with Crippen molar-refractivity contribution >= 4 is 0 Å². The van der Waals surface area contributed by atoms with Gasteiger partial charge in [0.15, 0.2) is 0 Å². The van der Waals surface area contributed by atoms with Gasteiger partial charge in [-0.25, -0.2) is 0 Å². The van der Waals surface area contributed by atoms with Crippen LogP contribution in [0.25, 0.3) is 0 Å². The molecule has 1 N–H and O–H groups in total. The van der Waals surface area contributed by atoms with Crippen molar-refractivity contribution in [1.82, 2.24) is 10.2 Å². The van der Waals surface area contributed by atoms with Crippen LogP contribution in [0, 0.1) is 17.2 Å². The lowest BCUT2D eigenvalue weighted by Crippen LogP contribution is -2.54. The summed E-state index contributed by atoms with van der Waals surface area (Å²) < 4.78 is 0. The third kappa shape index (κ3) is 2.81. The number of nitrogens with zero attached hydrogens (tertiary/aromatic N) is 2. The van der Waals surface area contributed by atoms with E-state index in [0.29, 0.717) is 12.0 Å². The van der Waals surface area contributed by atoms with Crippen LogP contribution in [-0.2, 0) is 0 Å². The molecule has 0 aliphatic heterocycles. The highest BCUT2D eigenvalue weighted by molar-refractivity contribution is 5.16. The Kier molecular flexibility index (Phi) is 4.06. The lowest BCUT2D eigenvalue weighted by atomic mass is 9.90. The van der Waals surface area contributed by atoms with Gasteiger partial charge in [0.1, 0.15) is 5.54 Å². The van der Waals surface area contributed by atoms with E-state index >= 15 is 0 Å². The lowest BCUT2D eigenvalue weighted by Gasteiger charge is -2.37. The van der Waals surface area contributed by atoms with Crippen molar-refractivity contribution in [2.75, 3.05) is 20.6 Å². The van der Waals surface area contributed by atoms with Gasteiger partial charge in [0.05, 0.1) is 6.07 Å². The van der Waals surface area contributed by atoms with Crippen molar-refractivity contribution in [1.29, 1.82) is 5.26 Å². The first-order valence-corrected chi connectivity index (χ1v) is 7.02. The predicted octanol–water partition coefficient (Wildman–Crippen LogP) is 2.14. The summed E-state index contributed by atoms with van der Waals surface area (Å²) in [7, 11) is 4.14. The molecule has 0 bridgehead atoms. The summed E-state index contributed by atoms with van der Waals surface area (Å²) in [6.07, 6.45) is 9.16. The fourth-order valence-corrected chi connectivity index (χ4v) is 3.22. The van der Waals surface area contributed by atoms with Crippen molar-refractivity contribution in [2.45, 2.75) is 56.5 Å². The highest BCUT2D eigenvalue weighted by atomic mass is 15.2. The number of nitrogens with one attached hydrogen (secondary N) is 1. The third-order valence-electron chi connectivity index (χ3n) is 4.62. The molecule has 0 aromatic rings. The fourth-order valence-electron chi connectivity index (χ4n) is 3.22. The van der Waals surface area contributed by atoms with Gasteiger partial charge in [0.2, 0.25) is 0 Å². The summed E-state index contributed by atoms with van der Waals surface area (Å²) in [5.41, 5.74) is -0.299. The van der Waals surface area contributed by atoms with E-state index in [1.54, 1.807) is 0 Å². The first kappa shape index (κ1) is 12.9. The Morgan fingerprint density at radius 2 is 1.88 bits per heavy atom. The van der Waals surface area contributed by atoms with Gasteiger partial charge in [0, 0.05) is 12.6 Å². The summed E-state index contributed by atoms with van der Waals surface area (Å²) in [4.78, 5) is 2.43. The molecule has 1 unspecified atom stereocenters. The predicted molar refractivity (Wildman–Crippen MR) is 69.6 cm³/mol. The van der Waals surface area contributed by atoms with Crippen LogP contribution in [0.1, 0.15) is 44.9 Å². The Hall–Kier alpha value is -0.590. The number of likely N-dealkylation sites (N-methyl/N-ethyl adjacent to an activating group) is 2. The molecule has 0 radical (unpaired) electrons. The molecule has 0 saturated heterocycles. The second-order valence-electron chi connectivity index (χ2n) is 5.81. The van der Waals surface area contributed by atoms with E-state index in [0.717, 1.165) is 6.54 Å². The smallest absolute Gasteiger partial charge is 0.122 e. The SMILES string of the molecule is CNC(C#N)(CN(C)C1CCCCC1)C1CC1. The number of rotatable bonds is 5. The summed E-state index contributed by atoms with van der Waals surface area (Å²) in [6, 6.07) is 3.24. The zero-order valence-electron chi connectivity index (χ0n) is 11.2. The molecule has 2 rings (SSSR count). The minimum absolute atomic E-state index is 0.299. The molecular formula is C14H25N3. The van der Waals surface area contributed by atoms with Crippen LogP contribution >= 0.6 is 0 Å². The minimum atomic E-state index is -0.299. The average molecular weight is 235 g/mol. The van der Waals surface area contributed by atoms with E-state index in [-0.39, 0.29) is 5.54 Å². The van der Waals surface area contributed by atoms with Crippen molar-refractivity contribution < 1.29 is 0 Å². The van der Waals surface area contributed by atoms with Crippen LogP contribution in [0.2, 0.25) is 0 Å². The molecule has 0 aromatic carbocycles. The molecule has 0 amide bonds. The first-order chi connectivity index (χ1) is 8.22. The van der Waals surface area contributed by atoms with Crippen LogP contribution in [0.3, 0.4) is 0 Å². The molecule has 2 aliphatic rings. The largest absolute Gasteiger partial charge is 0.301 e. The Morgan fingerprint density at radius 1 is 1.24 bits per heavy atom. The van der Waals surface area contributed by atoms with E-state index in [1.165, 1.54) is 44.9 Å². The molecule has 1 atom stereocenters. The topological polar surface area (TPSA) is 39.1 Å². The standard InChI is InChI=1S/C14H25N3/c1-16-14(10-15,12-8-9-12)11-17(2)13-6-4-3-5-7-13/h12-13,16H,3-9,11H2,1-2H3. The Labute approximate surface area is 105 Å². The molecule has 2 saturated carbocycles. The monoisotopic (exact) mass is 235 g/mol. The zero-order valence-corrected chi connectivity index (χ0v) is 11.2. The van der Waals surface area contributed by atoms with Gasteiger partial charge >= 0.3 is 0 Å². The number of hydrogen-bond acceptors (Lipinski definition) is 3. The highest BCUT2D eigenvalue weighted by Crippen LogP contribution is 2.40. The molecule has 17 heavy (non-hydrogen) atoms. The highest BCUT2D eigenvalue weighted by Gasteiger charge is 2.45. The van der Waals surface area contributed by atoms with Crippen LogP contribution in [0.5, 0.6) is 0 Å². The molecule has 0 aromatic heterocycles.